The molecule has 0 saturated heterocycles. The monoisotopic (exact) mass is 246 g/mol. The SMILES string of the molecule is Cn1nc(S(=O)(=O)Cl)cc1OC(F)F. The highest BCUT2D eigenvalue weighted by Crippen LogP contribution is 2.20. The Morgan fingerprint density at radius 1 is 1.64 bits per heavy atom. The van der Waals surface area contributed by atoms with Gasteiger partial charge in [-0.1, -0.05) is 0 Å². The van der Waals surface area contributed by atoms with Gasteiger partial charge in [-0.05, 0) is 0 Å². The van der Waals surface area contributed by atoms with Crippen LogP contribution in [0.1, 0.15) is 0 Å². The van der Waals surface area contributed by atoms with Crippen molar-refractivity contribution >= 4 is 19.7 Å². The van der Waals surface area contributed by atoms with Gasteiger partial charge in [0, 0.05) is 23.8 Å². The van der Waals surface area contributed by atoms with Crippen molar-refractivity contribution in [3.05, 3.63) is 6.07 Å². The summed E-state index contributed by atoms with van der Waals surface area (Å²) in [6, 6.07) is 0.814. The second kappa shape index (κ2) is 3.70. The standard InChI is InChI=1S/C5H5ClF2N2O3S/c1-10-4(13-5(7)8)2-3(9-10)14(6,11)12/h2,5H,1H3. The van der Waals surface area contributed by atoms with Crippen molar-refractivity contribution in [2.45, 2.75) is 11.6 Å². The maximum Gasteiger partial charge on any atom is 0.388 e. The Morgan fingerprint density at radius 3 is 2.57 bits per heavy atom. The van der Waals surface area contributed by atoms with Crippen LogP contribution < -0.4 is 4.74 Å². The first-order valence-electron chi connectivity index (χ1n) is 3.24. The lowest BCUT2D eigenvalue weighted by Crippen LogP contribution is -2.05. The lowest BCUT2D eigenvalue weighted by molar-refractivity contribution is -0.0553. The predicted molar refractivity (Wildman–Crippen MR) is 42.9 cm³/mol. The van der Waals surface area contributed by atoms with E-state index in [0.717, 1.165) is 10.7 Å². The maximum absolute atomic E-state index is 11.8. The molecule has 1 heterocycles. The van der Waals surface area contributed by atoms with Crippen LogP contribution in [0.5, 0.6) is 5.88 Å². The first-order valence-corrected chi connectivity index (χ1v) is 5.55. The van der Waals surface area contributed by atoms with Gasteiger partial charge < -0.3 is 4.74 Å². The van der Waals surface area contributed by atoms with Crippen molar-refractivity contribution in [3.8, 4) is 5.88 Å². The van der Waals surface area contributed by atoms with Gasteiger partial charge in [0.2, 0.25) is 5.88 Å². The van der Waals surface area contributed by atoms with Crippen molar-refractivity contribution in [2.75, 3.05) is 0 Å². The summed E-state index contributed by atoms with van der Waals surface area (Å²) in [6.07, 6.45) is 0. The summed E-state index contributed by atoms with van der Waals surface area (Å²) in [6.45, 7) is -3.05. The Bertz CT molecular complexity index is 430. The van der Waals surface area contributed by atoms with Crippen LogP contribution >= 0.6 is 10.7 Å². The van der Waals surface area contributed by atoms with Gasteiger partial charge in [-0.3, -0.25) is 0 Å². The Morgan fingerprint density at radius 2 is 2.21 bits per heavy atom. The molecule has 9 heteroatoms. The Kier molecular flexibility index (Phi) is 2.95. The van der Waals surface area contributed by atoms with Crippen molar-refractivity contribution in [2.24, 2.45) is 7.05 Å². The number of hydrogen-bond donors (Lipinski definition) is 0. The minimum atomic E-state index is -4.02. The fourth-order valence-electron chi connectivity index (χ4n) is 0.746. The second-order valence-corrected chi connectivity index (χ2v) is 4.77. The van der Waals surface area contributed by atoms with Gasteiger partial charge in [0.15, 0.2) is 5.03 Å². The smallest absolute Gasteiger partial charge is 0.388 e. The van der Waals surface area contributed by atoms with Gasteiger partial charge >= 0.3 is 6.61 Å². The molecule has 14 heavy (non-hydrogen) atoms. The molecule has 1 rings (SSSR count). The molecule has 0 N–H and O–H groups in total. The van der Waals surface area contributed by atoms with E-state index in [1.54, 1.807) is 0 Å². The normalized spacial score (nSPS) is 12.1. The van der Waals surface area contributed by atoms with Crippen LogP contribution in [0.4, 0.5) is 8.78 Å². The number of rotatable bonds is 3. The molecule has 5 nitrogen and oxygen atoms in total. The van der Waals surface area contributed by atoms with E-state index < -0.39 is 20.7 Å². The quantitative estimate of drug-likeness (QED) is 0.745. The molecule has 0 atom stereocenters. The Hall–Kier alpha value is -0.890. The van der Waals surface area contributed by atoms with Crippen molar-refractivity contribution in [3.63, 3.8) is 0 Å². The first-order chi connectivity index (χ1) is 6.30. The molecule has 0 unspecified atom stereocenters. The minimum absolute atomic E-state index is 0.376. The summed E-state index contributed by atoms with van der Waals surface area (Å²) in [5, 5.41) is 2.84. The van der Waals surface area contributed by atoms with E-state index in [0.29, 0.717) is 0 Å². The van der Waals surface area contributed by atoms with Gasteiger partial charge in [-0.2, -0.15) is 13.9 Å². The minimum Gasteiger partial charge on any atom is -0.417 e. The van der Waals surface area contributed by atoms with Crippen molar-refractivity contribution < 1.29 is 21.9 Å². The van der Waals surface area contributed by atoms with E-state index in [4.69, 9.17) is 10.7 Å². The Balaban J connectivity index is 3.06. The number of halogens is 3. The zero-order valence-corrected chi connectivity index (χ0v) is 8.39. The van der Waals surface area contributed by atoms with Crippen LogP contribution in [-0.2, 0) is 16.1 Å². The van der Waals surface area contributed by atoms with Crippen molar-refractivity contribution in [1.29, 1.82) is 0 Å². The topological polar surface area (TPSA) is 61.2 Å². The summed E-state index contributed by atoms with van der Waals surface area (Å²) in [5.74, 6) is -0.376. The average Bonchev–Trinajstić information content (AvgIpc) is 2.30. The maximum atomic E-state index is 11.8. The molecule has 0 amide bonds. The summed E-state index contributed by atoms with van der Waals surface area (Å²) in [5.41, 5.74) is 0. The molecule has 0 radical (unpaired) electrons. The largest absolute Gasteiger partial charge is 0.417 e. The Labute approximate surface area is 82.6 Å². The third-order valence-electron chi connectivity index (χ3n) is 1.27. The fourth-order valence-corrected chi connectivity index (χ4v) is 1.43. The molecule has 80 valence electrons. The molecule has 1 aromatic rings. The zero-order valence-electron chi connectivity index (χ0n) is 6.82. The summed E-state index contributed by atoms with van der Waals surface area (Å²) < 4.78 is 49.8. The van der Waals surface area contributed by atoms with Gasteiger partial charge in [-0.15, -0.1) is 0 Å². The van der Waals surface area contributed by atoms with E-state index in [1.165, 1.54) is 7.05 Å². The molecular formula is C5H5ClF2N2O3S. The summed E-state index contributed by atoms with van der Waals surface area (Å²) in [7, 11) is 2.16. The second-order valence-electron chi connectivity index (χ2n) is 2.26. The van der Waals surface area contributed by atoms with E-state index in [1.807, 2.05) is 0 Å². The van der Waals surface area contributed by atoms with Crippen LogP contribution in [0.15, 0.2) is 11.1 Å². The lowest BCUT2D eigenvalue weighted by Gasteiger charge is -2.01. The molecule has 0 fully saturated rings. The lowest BCUT2D eigenvalue weighted by atomic mass is 10.7. The molecule has 1 aromatic heterocycles. The highest BCUT2D eigenvalue weighted by atomic mass is 35.7. The molecule has 0 bridgehead atoms. The van der Waals surface area contributed by atoms with Crippen molar-refractivity contribution in [1.82, 2.24) is 9.78 Å². The molecule has 0 aliphatic rings. The number of nitrogens with zero attached hydrogens (tertiary/aromatic N) is 2. The molecule has 0 spiro atoms. The fraction of sp³-hybridized carbons (Fsp3) is 0.400. The average molecular weight is 247 g/mol. The molecular weight excluding hydrogens is 242 g/mol. The highest BCUT2D eigenvalue weighted by Gasteiger charge is 2.19. The molecule has 0 aliphatic heterocycles. The van der Waals surface area contributed by atoms with Gasteiger partial charge in [0.25, 0.3) is 9.05 Å². The number of aryl methyl sites for hydroxylation is 1. The molecule has 0 aliphatic carbocycles. The van der Waals surface area contributed by atoms with E-state index in [9.17, 15) is 17.2 Å². The van der Waals surface area contributed by atoms with Gasteiger partial charge in [0.1, 0.15) is 0 Å². The van der Waals surface area contributed by atoms with E-state index >= 15 is 0 Å². The van der Waals surface area contributed by atoms with E-state index in [2.05, 4.69) is 9.84 Å². The highest BCUT2D eigenvalue weighted by molar-refractivity contribution is 8.13. The first kappa shape index (κ1) is 11.2. The van der Waals surface area contributed by atoms with Crippen LogP contribution in [0, 0.1) is 0 Å². The zero-order chi connectivity index (χ0) is 10.9. The van der Waals surface area contributed by atoms with Gasteiger partial charge in [0.05, 0.1) is 0 Å². The number of hydrogen-bond acceptors (Lipinski definition) is 4. The third kappa shape index (κ3) is 2.55. The summed E-state index contributed by atoms with van der Waals surface area (Å²) in [4.78, 5) is 0. The van der Waals surface area contributed by atoms with Crippen LogP contribution in [0.2, 0.25) is 0 Å². The molecule has 0 aromatic carbocycles. The predicted octanol–water partition coefficient (Wildman–Crippen LogP) is 0.949. The van der Waals surface area contributed by atoms with Gasteiger partial charge in [-0.25, -0.2) is 13.1 Å². The number of ether oxygens (including phenoxy) is 1. The summed E-state index contributed by atoms with van der Waals surface area (Å²) >= 11 is 0. The van der Waals surface area contributed by atoms with Crippen LogP contribution in [0.3, 0.4) is 0 Å². The number of alkyl halides is 2. The van der Waals surface area contributed by atoms with Crippen LogP contribution in [-0.4, -0.2) is 24.8 Å². The van der Waals surface area contributed by atoms with E-state index in [-0.39, 0.29) is 5.88 Å². The number of aromatic nitrogens is 2. The third-order valence-corrected chi connectivity index (χ3v) is 2.45. The van der Waals surface area contributed by atoms with Crippen LogP contribution in [0.25, 0.3) is 0 Å². The molecule has 0 saturated carbocycles.